The average molecular weight is 518 g/mol. The predicted molar refractivity (Wildman–Crippen MR) is 135 cm³/mol. The van der Waals surface area contributed by atoms with E-state index in [0.29, 0.717) is 49.7 Å². The molecule has 0 amide bonds. The standard InChI is InChI=1S/C26H30F3N5O3/c1-17-5-4-6-23(34(36)37)25(17)32-13-11-31(12-14-32)15-22(35)16-33-19(3)18(2)24(30-33)20-7-9-21(10-8-20)26(27,28)29/h4-10,22,35H,11-16H2,1-3H3. The van der Waals surface area contributed by atoms with Gasteiger partial charge in [0, 0.05) is 50.0 Å². The van der Waals surface area contributed by atoms with Gasteiger partial charge in [-0.3, -0.25) is 19.7 Å². The highest BCUT2D eigenvalue weighted by atomic mass is 19.4. The van der Waals surface area contributed by atoms with Gasteiger partial charge in [0.2, 0.25) is 0 Å². The van der Waals surface area contributed by atoms with Gasteiger partial charge < -0.3 is 10.0 Å². The predicted octanol–water partition coefficient (Wildman–Crippen LogP) is 4.59. The zero-order chi connectivity index (χ0) is 26.9. The Kier molecular flexibility index (Phi) is 7.56. The van der Waals surface area contributed by atoms with Crippen LogP contribution in [0.25, 0.3) is 11.3 Å². The zero-order valence-electron chi connectivity index (χ0n) is 21.0. The summed E-state index contributed by atoms with van der Waals surface area (Å²) in [5.41, 5.74) is 3.75. The number of β-amino-alcohol motifs (C(OH)–C–C–N with tert-alkyl or cyclic N) is 1. The third-order valence-electron chi connectivity index (χ3n) is 6.95. The lowest BCUT2D eigenvalue weighted by Crippen LogP contribution is -2.49. The lowest BCUT2D eigenvalue weighted by Gasteiger charge is -2.37. The topological polar surface area (TPSA) is 87.7 Å². The van der Waals surface area contributed by atoms with Crippen molar-refractivity contribution in [3.05, 3.63) is 75.0 Å². The van der Waals surface area contributed by atoms with Crippen LogP contribution in [0.15, 0.2) is 42.5 Å². The number of aromatic nitrogens is 2. The van der Waals surface area contributed by atoms with Crippen molar-refractivity contribution in [1.29, 1.82) is 0 Å². The second kappa shape index (κ2) is 10.5. The molecule has 3 aromatic rings. The number of hydrogen-bond donors (Lipinski definition) is 1. The fraction of sp³-hybridized carbons (Fsp3) is 0.423. The molecule has 1 aliphatic heterocycles. The van der Waals surface area contributed by atoms with Gasteiger partial charge in [-0.2, -0.15) is 18.3 Å². The van der Waals surface area contributed by atoms with Gasteiger partial charge in [0.05, 0.1) is 28.8 Å². The van der Waals surface area contributed by atoms with Crippen molar-refractivity contribution in [3.8, 4) is 11.3 Å². The van der Waals surface area contributed by atoms with Gasteiger partial charge in [-0.1, -0.05) is 24.3 Å². The summed E-state index contributed by atoms with van der Waals surface area (Å²) < 4.78 is 40.4. The summed E-state index contributed by atoms with van der Waals surface area (Å²) in [6.07, 6.45) is -5.11. The number of aliphatic hydroxyl groups excluding tert-OH is 1. The first-order valence-electron chi connectivity index (χ1n) is 12.1. The molecule has 1 aliphatic rings. The third-order valence-corrected chi connectivity index (χ3v) is 6.95. The fourth-order valence-corrected chi connectivity index (χ4v) is 4.82. The van der Waals surface area contributed by atoms with E-state index in [-0.39, 0.29) is 17.2 Å². The number of aryl methyl sites for hydroxylation is 1. The Labute approximate surface area is 213 Å². The smallest absolute Gasteiger partial charge is 0.390 e. The molecule has 1 unspecified atom stereocenters. The van der Waals surface area contributed by atoms with Crippen LogP contribution in [0.4, 0.5) is 24.5 Å². The Morgan fingerprint density at radius 2 is 1.68 bits per heavy atom. The van der Waals surface area contributed by atoms with Gasteiger partial charge in [0.25, 0.3) is 5.69 Å². The largest absolute Gasteiger partial charge is 0.416 e. The van der Waals surface area contributed by atoms with Crippen molar-refractivity contribution in [2.75, 3.05) is 37.6 Å². The molecule has 1 aromatic heterocycles. The summed E-state index contributed by atoms with van der Waals surface area (Å²) in [6.45, 7) is 8.78. The molecule has 198 valence electrons. The maximum absolute atomic E-state index is 12.9. The molecule has 1 saturated heterocycles. The van der Waals surface area contributed by atoms with E-state index in [9.17, 15) is 28.4 Å². The molecule has 0 saturated carbocycles. The third kappa shape index (κ3) is 5.78. The summed E-state index contributed by atoms with van der Waals surface area (Å²) in [4.78, 5) is 15.3. The van der Waals surface area contributed by atoms with Crippen LogP contribution in [0.2, 0.25) is 0 Å². The van der Waals surface area contributed by atoms with Crippen LogP contribution in [0.3, 0.4) is 0 Å². The second-order valence-corrected chi connectivity index (χ2v) is 9.46. The van der Waals surface area contributed by atoms with Gasteiger partial charge >= 0.3 is 6.18 Å². The summed E-state index contributed by atoms with van der Waals surface area (Å²) in [6, 6.07) is 9.99. The molecule has 2 aromatic carbocycles. The van der Waals surface area contributed by atoms with Crippen molar-refractivity contribution in [2.24, 2.45) is 0 Å². The molecule has 0 aliphatic carbocycles. The first-order valence-corrected chi connectivity index (χ1v) is 12.1. The number of alkyl halides is 3. The number of piperazine rings is 1. The van der Waals surface area contributed by atoms with Crippen LogP contribution in [0, 0.1) is 30.9 Å². The fourth-order valence-electron chi connectivity index (χ4n) is 4.82. The number of rotatable bonds is 7. The molecule has 37 heavy (non-hydrogen) atoms. The van der Waals surface area contributed by atoms with E-state index < -0.39 is 17.8 Å². The van der Waals surface area contributed by atoms with E-state index in [1.807, 2.05) is 31.7 Å². The van der Waals surface area contributed by atoms with Crippen LogP contribution >= 0.6 is 0 Å². The van der Waals surface area contributed by atoms with E-state index in [1.165, 1.54) is 18.2 Å². The highest BCUT2D eigenvalue weighted by molar-refractivity contribution is 5.68. The second-order valence-electron chi connectivity index (χ2n) is 9.46. The molecule has 11 heteroatoms. The highest BCUT2D eigenvalue weighted by Crippen LogP contribution is 2.33. The molecule has 1 fully saturated rings. The molecule has 2 heterocycles. The Bertz CT molecular complexity index is 1270. The number of anilines is 1. The number of nitrogens with zero attached hydrogens (tertiary/aromatic N) is 5. The maximum Gasteiger partial charge on any atom is 0.416 e. The molecule has 0 radical (unpaired) electrons. The molecular formula is C26H30F3N5O3. The van der Waals surface area contributed by atoms with E-state index >= 15 is 0 Å². The van der Waals surface area contributed by atoms with Crippen LogP contribution < -0.4 is 4.90 Å². The molecule has 8 nitrogen and oxygen atoms in total. The number of para-hydroxylation sites is 1. The minimum atomic E-state index is -4.40. The monoisotopic (exact) mass is 517 g/mol. The van der Waals surface area contributed by atoms with Crippen molar-refractivity contribution in [2.45, 2.75) is 39.6 Å². The summed E-state index contributed by atoms with van der Waals surface area (Å²) >= 11 is 0. The van der Waals surface area contributed by atoms with Crippen LogP contribution in [-0.2, 0) is 12.7 Å². The number of aliphatic hydroxyl groups is 1. The molecular weight excluding hydrogens is 487 g/mol. The number of halogens is 3. The molecule has 1 N–H and O–H groups in total. The summed E-state index contributed by atoms with van der Waals surface area (Å²) in [7, 11) is 0. The van der Waals surface area contributed by atoms with E-state index in [1.54, 1.807) is 10.7 Å². The first-order chi connectivity index (χ1) is 17.5. The van der Waals surface area contributed by atoms with Crippen LogP contribution in [-0.4, -0.2) is 63.5 Å². The van der Waals surface area contributed by atoms with Crippen molar-refractivity contribution in [3.63, 3.8) is 0 Å². The van der Waals surface area contributed by atoms with Gasteiger partial charge in [-0.15, -0.1) is 0 Å². The molecule has 1 atom stereocenters. The van der Waals surface area contributed by atoms with E-state index in [0.717, 1.165) is 29.0 Å². The Morgan fingerprint density at radius 3 is 2.27 bits per heavy atom. The van der Waals surface area contributed by atoms with E-state index in [2.05, 4.69) is 10.00 Å². The van der Waals surface area contributed by atoms with Crippen molar-refractivity contribution in [1.82, 2.24) is 14.7 Å². The maximum atomic E-state index is 12.9. The normalized spacial score (nSPS) is 15.7. The number of nitro benzene ring substituents is 1. The Balaban J connectivity index is 1.38. The van der Waals surface area contributed by atoms with Gasteiger partial charge in [0.1, 0.15) is 5.69 Å². The number of nitro groups is 1. The molecule has 0 spiro atoms. The Hall–Kier alpha value is -3.44. The highest BCUT2D eigenvalue weighted by Gasteiger charge is 2.30. The van der Waals surface area contributed by atoms with Gasteiger partial charge in [-0.05, 0) is 44.0 Å². The SMILES string of the molecule is Cc1cccc([N+](=O)[O-])c1N1CCN(CC(O)Cn2nc(-c3ccc(C(F)(F)F)cc3)c(C)c2C)CC1. The van der Waals surface area contributed by atoms with Gasteiger partial charge in [0.15, 0.2) is 0 Å². The lowest BCUT2D eigenvalue weighted by molar-refractivity contribution is -0.384. The molecule has 4 rings (SSSR count). The van der Waals surface area contributed by atoms with Crippen LogP contribution in [0.1, 0.15) is 22.4 Å². The quantitative estimate of drug-likeness (QED) is 0.365. The summed E-state index contributed by atoms with van der Waals surface area (Å²) in [5, 5.41) is 26.8. The minimum absolute atomic E-state index is 0.0989. The van der Waals surface area contributed by atoms with Crippen LogP contribution in [0.5, 0.6) is 0 Å². The van der Waals surface area contributed by atoms with Crippen molar-refractivity contribution < 1.29 is 23.2 Å². The number of hydrogen-bond acceptors (Lipinski definition) is 6. The first kappa shape index (κ1) is 26.6. The lowest BCUT2D eigenvalue weighted by atomic mass is 10.1. The summed E-state index contributed by atoms with van der Waals surface area (Å²) in [5.74, 6) is 0. The average Bonchev–Trinajstić information content (AvgIpc) is 3.12. The zero-order valence-corrected chi connectivity index (χ0v) is 21.0. The van der Waals surface area contributed by atoms with Gasteiger partial charge in [-0.25, -0.2) is 0 Å². The van der Waals surface area contributed by atoms with Crippen molar-refractivity contribution >= 4 is 11.4 Å². The number of benzene rings is 2. The Morgan fingerprint density at radius 1 is 1.03 bits per heavy atom. The van der Waals surface area contributed by atoms with E-state index in [4.69, 9.17) is 0 Å². The molecule has 0 bridgehead atoms. The minimum Gasteiger partial charge on any atom is -0.390 e.